The molecule has 3 nitrogen and oxygen atoms in total. The summed E-state index contributed by atoms with van der Waals surface area (Å²) in [5.41, 5.74) is 8.17. The van der Waals surface area contributed by atoms with Gasteiger partial charge in [0.1, 0.15) is 11.5 Å². The van der Waals surface area contributed by atoms with E-state index in [1.54, 1.807) is 0 Å². The Morgan fingerprint density at radius 2 is 1.00 bits per heavy atom. The number of hydrogen-bond donors (Lipinski definition) is 0. The normalized spacial score (nSPS) is 11.0. The van der Waals surface area contributed by atoms with Crippen molar-refractivity contribution in [3.8, 4) is 33.8 Å². The van der Waals surface area contributed by atoms with Crippen molar-refractivity contribution >= 4 is 17.8 Å². The lowest BCUT2D eigenvalue weighted by Gasteiger charge is -2.12. The lowest BCUT2D eigenvalue weighted by molar-refractivity contribution is 0.340. The topological polar surface area (TPSA) is 21.7 Å². The van der Waals surface area contributed by atoms with Crippen LogP contribution in [0.2, 0.25) is 0 Å². The monoisotopic (exact) mass is 463 g/mol. The predicted molar refractivity (Wildman–Crippen MR) is 149 cm³/mol. The molecule has 0 N–H and O–H groups in total. The van der Waals surface area contributed by atoms with Crippen molar-refractivity contribution in [2.45, 2.75) is 13.8 Å². The molecule has 4 rings (SSSR count). The van der Waals surface area contributed by atoms with Crippen molar-refractivity contribution in [1.82, 2.24) is 0 Å². The van der Waals surface area contributed by atoms with Crippen LogP contribution in [-0.4, -0.2) is 27.3 Å². The molecule has 0 unspecified atom stereocenters. The first-order valence-corrected chi connectivity index (χ1v) is 12.1. The predicted octanol–water partition coefficient (Wildman–Crippen LogP) is 8.05. The van der Waals surface area contributed by atoms with Gasteiger partial charge in [-0.15, -0.1) is 0 Å². The molecular formula is C32H33NO2. The molecule has 35 heavy (non-hydrogen) atoms. The molecule has 178 valence electrons. The molecule has 4 aromatic rings. The average Bonchev–Trinajstić information content (AvgIpc) is 2.89. The van der Waals surface area contributed by atoms with Gasteiger partial charge in [-0.2, -0.15) is 0 Å². The van der Waals surface area contributed by atoms with E-state index in [4.69, 9.17) is 9.47 Å². The summed E-state index contributed by atoms with van der Waals surface area (Å²) in [6.45, 7) is 5.33. The third kappa shape index (κ3) is 6.33. The Labute approximate surface area is 209 Å². The lowest BCUT2D eigenvalue weighted by Crippen LogP contribution is -2.07. The largest absolute Gasteiger partial charge is 0.494 e. The second-order valence-corrected chi connectivity index (χ2v) is 8.58. The van der Waals surface area contributed by atoms with Gasteiger partial charge in [0.25, 0.3) is 0 Å². The van der Waals surface area contributed by atoms with Crippen LogP contribution >= 0.6 is 0 Å². The van der Waals surface area contributed by atoms with Gasteiger partial charge in [0.05, 0.1) is 13.2 Å². The first kappa shape index (κ1) is 24.2. The number of rotatable bonds is 9. The summed E-state index contributed by atoms with van der Waals surface area (Å²) in [5.74, 6) is 1.78. The molecule has 0 amide bonds. The molecule has 0 radical (unpaired) electrons. The zero-order valence-electron chi connectivity index (χ0n) is 21.0. The summed E-state index contributed by atoms with van der Waals surface area (Å²) in [6, 6.07) is 31.9. The molecule has 0 saturated heterocycles. The van der Waals surface area contributed by atoms with Crippen LogP contribution in [0.3, 0.4) is 0 Å². The van der Waals surface area contributed by atoms with Crippen molar-refractivity contribution in [2.24, 2.45) is 0 Å². The smallest absolute Gasteiger partial charge is 0.119 e. The van der Waals surface area contributed by atoms with Gasteiger partial charge in [-0.1, -0.05) is 48.6 Å². The zero-order valence-corrected chi connectivity index (χ0v) is 21.0. The van der Waals surface area contributed by atoms with Crippen LogP contribution in [0.4, 0.5) is 5.69 Å². The van der Waals surface area contributed by atoms with E-state index in [1.165, 1.54) is 22.4 Å². The molecule has 0 aliphatic carbocycles. The van der Waals surface area contributed by atoms with E-state index < -0.39 is 0 Å². The summed E-state index contributed by atoms with van der Waals surface area (Å²) < 4.78 is 11.3. The molecule has 0 fully saturated rings. The molecule has 0 spiro atoms. The van der Waals surface area contributed by atoms with Crippen LogP contribution in [0.1, 0.15) is 25.0 Å². The van der Waals surface area contributed by atoms with E-state index in [0.29, 0.717) is 13.2 Å². The van der Waals surface area contributed by atoms with Crippen LogP contribution in [0.15, 0.2) is 91.0 Å². The first-order valence-electron chi connectivity index (χ1n) is 12.1. The maximum Gasteiger partial charge on any atom is 0.119 e. The molecule has 0 aliphatic heterocycles. The SMILES string of the molecule is CCOc1ccc(-c2cc(C=Cc3ccc(N(C)C)cc3)cc(-c3ccc(OCC)cc3)c2)cc1. The quantitative estimate of drug-likeness (QED) is 0.234. The van der Waals surface area contributed by atoms with Crippen molar-refractivity contribution in [1.29, 1.82) is 0 Å². The molecule has 0 saturated carbocycles. The number of anilines is 1. The number of benzene rings is 4. The minimum absolute atomic E-state index is 0.664. The van der Waals surface area contributed by atoms with Crippen molar-refractivity contribution in [3.05, 3.63) is 102 Å². The molecule has 0 bridgehead atoms. The first-order chi connectivity index (χ1) is 17.1. The molecular weight excluding hydrogens is 430 g/mol. The fourth-order valence-electron chi connectivity index (χ4n) is 3.98. The number of hydrogen-bond acceptors (Lipinski definition) is 3. The Morgan fingerprint density at radius 1 is 0.543 bits per heavy atom. The van der Waals surface area contributed by atoms with Gasteiger partial charge in [-0.05, 0) is 102 Å². The Kier molecular flexibility index (Phi) is 7.89. The lowest BCUT2D eigenvalue weighted by atomic mass is 9.95. The van der Waals surface area contributed by atoms with Crippen molar-refractivity contribution in [3.63, 3.8) is 0 Å². The van der Waals surface area contributed by atoms with Crippen molar-refractivity contribution < 1.29 is 9.47 Å². The van der Waals surface area contributed by atoms with Gasteiger partial charge in [-0.3, -0.25) is 0 Å². The Balaban J connectivity index is 1.70. The maximum absolute atomic E-state index is 5.63. The van der Waals surface area contributed by atoms with Gasteiger partial charge in [0.2, 0.25) is 0 Å². The third-order valence-electron chi connectivity index (χ3n) is 5.83. The van der Waals surface area contributed by atoms with E-state index in [-0.39, 0.29) is 0 Å². The minimum Gasteiger partial charge on any atom is -0.494 e. The minimum atomic E-state index is 0.664. The molecule has 0 aromatic heterocycles. The highest BCUT2D eigenvalue weighted by Crippen LogP contribution is 2.31. The summed E-state index contributed by atoms with van der Waals surface area (Å²) in [6.07, 6.45) is 4.35. The van der Waals surface area contributed by atoms with Crippen LogP contribution in [0, 0.1) is 0 Å². The highest BCUT2D eigenvalue weighted by atomic mass is 16.5. The zero-order chi connectivity index (χ0) is 24.6. The molecule has 3 heteroatoms. The van der Waals surface area contributed by atoms with Crippen LogP contribution in [0.5, 0.6) is 11.5 Å². The molecule has 0 atom stereocenters. The van der Waals surface area contributed by atoms with Crippen LogP contribution < -0.4 is 14.4 Å². The fraction of sp³-hybridized carbons (Fsp3) is 0.188. The van der Waals surface area contributed by atoms with E-state index in [9.17, 15) is 0 Å². The van der Waals surface area contributed by atoms with Gasteiger partial charge < -0.3 is 14.4 Å². The number of nitrogens with zero attached hydrogens (tertiary/aromatic N) is 1. The second kappa shape index (κ2) is 11.4. The summed E-state index contributed by atoms with van der Waals surface area (Å²) in [4.78, 5) is 2.11. The highest BCUT2D eigenvalue weighted by Gasteiger charge is 2.06. The maximum atomic E-state index is 5.63. The van der Waals surface area contributed by atoms with Gasteiger partial charge in [0.15, 0.2) is 0 Å². The Bertz CT molecular complexity index is 1190. The van der Waals surface area contributed by atoms with Gasteiger partial charge in [0, 0.05) is 19.8 Å². The Hall–Kier alpha value is -3.98. The average molecular weight is 464 g/mol. The highest BCUT2D eigenvalue weighted by molar-refractivity contribution is 5.80. The summed E-state index contributed by atoms with van der Waals surface area (Å²) in [7, 11) is 4.11. The summed E-state index contributed by atoms with van der Waals surface area (Å²) >= 11 is 0. The molecule has 4 aromatic carbocycles. The molecule has 0 heterocycles. The third-order valence-corrected chi connectivity index (χ3v) is 5.83. The number of ether oxygens (including phenoxy) is 2. The van der Waals surface area contributed by atoms with Gasteiger partial charge >= 0.3 is 0 Å². The standard InChI is InChI=1S/C32H33NO2/c1-5-34-31-17-11-26(12-18-31)28-21-25(8-7-24-9-15-30(16-10-24)33(3)4)22-29(23-28)27-13-19-32(20-14-27)35-6-2/h7-23H,5-6H2,1-4H3. The van der Waals surface area contributed by atoms with E-state index in [0.717, 1.165) is 28.2 Å². The van der Waals surface area contributed by atoms with E-state index in [1.807, 2.05) is 38.1 Å². The molecule has 0 aliphatic rings. The van der Waals surface area contributed by atoms with Crippen LogP contribution in [0.25, 0.3) is 34.4 Å². The Morgan fingerprint density at radius 3 is 1.43 bits per heavy atom. The van der Waals surface area contributed by atoms with Crippen LogP contribution in [-0.2, 0) is 0 Å². The van der Waals surface area contributed by atoms with Gasteiger partial charge in [-0.25, -0.2) is 0 Å². The van der Waals surface area contributed by atoms with E-state index in [2.05, 4.69) is 97.9 Å². The fourth-order valence-corrected chi connectivity index (χ4v) is 3.98. The van der Waals surface area contributed by atoms with E-state index >= 15 is 0 Å². The second-order valence-electron chi connectivity index (χ2n) is 8.58. The van der Waals surface area contributed by atoms with Crippen molar-refractivity contribution in [2.75, 3.05) is 32.2 Å². The summed E-state index contributed by atoms with van der Waals surface area (Å²) in [5, 5.41) is 0.